The maximum atomic E-state index is 12.4. The fourth-order valence-corrected chi connectivity index (χ4v) is 2.92. The summed E-state index contributed by atoms with van der Waals surface area (Å²) in [5, 5.41) is 3.39. The molecule has 3 nitrogen and oxygen atoms in total. The molecule has 1 aromatic rings. The zero-order valence-electron chi connectivity index (χ0n) is 9.93. The number of carbonyl (C=O) groups is 1. The van der Waals surface area contributed by atoms with Crippen molar-refractivity contribution in [2.75, 3.05) is 13.1 Å². The summed E-state index contributed by atoms with van der Waals surface area (Å²) in [5.41, 5.74) is 1.08. The fraction of sp³-hybridized carbons (Fsp3) is 0.500. The molecule has 0 aromatic heterocycles. The van der Waals surface area contributed by atoms with Gasteiger partial charge in [-0.15, -0.1) is 0 Å². The van der Waals surface area contributed by atoms with Crippen molar-refractivity contribution in [3.8, 4) is 0 Å². The summed E-state index contributed by atoms with van der Waals surface area (Å²) in [6.07, 6.45) is 3.57. The standard InChI is InChI=1S/C14H18N2O/c17-14-13(11-6-2-1-3-7-11)15-10-12-8-4-5-9-16(12)14/h1-3,6-7,12-13,15H,4-5,8-10H2. The summed E-state index contributed by atoms with van der Waals surface area (Å²) in [4.78, 5) is 14.5. The molecule has 0 spiro atoms. The number of piperidine rings is 1. The Bertz CT molecular complexity index is 404. The highest BCUT2D eigenvalue weighted by Crippen LogP contribution is 2.26. The molecule has 0 aliphatic carbocycles. The van der Waals surface area contributed by atoms with Crippen LogP contribution in [-0.2, 0) is 4.79 Å². The number of benzene rings is 1. The Balaban J connectivity index is 1.82. The van der Waals surface area contributed by atoms with Crippen LogP contribution in [-0.4, -0.2) is 29.9 Å². The Morgan fingerprint density at radius 1 is 1.18 bits per heavy atom. The molecule has 3 heteroatoms. The summed E-state index contributed by atoms with van der Waals surface area (Å²) < 4.78 is 0. The van der Waals surface area contributed by atoms with Gasteiger partial charge in [-0.2, -0.15) is 0 Å². The van der Waals surface area contributed by atoms with Crippen LogP contribution < -0.4 is 5.32 Å². The summed E-state index contributed by atoms with van der Waals surface area (Å²) in [6, 6.07) is 10.3. The zero-order chi connectivity index (χ0) is 11.7. The highest BCUT2D eigenvalue weighted by molar-refractivity contribution is 5.84. The van der Waals surface area contributed by atoms with E-state index in [1.54, 1.807) is 0 Å². The first-order valence-electron chi connectivity index (χ1n) is 6.45. The van der Waals surface area contributed by atoms with E-state index < -0.39 is 0 Å². The maximum Gasteiger partial charge on any atom is 0.244 e. The van der Waals surface area contributed by atoms with E-state index in [1.807, 2.05) is 30.3 Å². The van der Waals surface area contributed by atoms with E-state index in [1.165, 1.54) is 6.42 Å². The van der Waals surface area contributed by atoms with Crippen LogP contribution in [0.1, 0.15) is 30.9 Å². The van der Waals surface area contributed by atoms with Gasteiger partial charge in [-0.1, -0.05) is 30.3 Å². The molecule has 2 atom stereocenters. The van der Waals surface area contributed by atoms with Crippen molar-refractivity contribution in [1.82, 2.24) is 10.2 Å². The molecule has 2 aliphatic rings. The SMILES string of the molecule is O=C1C(c2ccccc2)NCC2CCCCN12. The molecular formula is C14H18N2O. The molecule has 2 fully saturated rings. The molecule has 0 bridgehead atoms. The minimum atomic E-state index is -0.134. The van der Waals surface area contributed by atoms with Crippen molar-refractivity contribution in [3.63, 3.8) is 0 Å². The summed E-state index contributed by atoms with van der Waals surface area (Å²) in [7, 11) is 0. The Hall–Kier alpha value is -1.35. The Labute approximate surface area is 102 Å². The van der Waals surface area contributed by atoms with Gasteiger partial charge >= 0.3 is 0 Å². The van der Waals surface area contributed by atoms with E-state index in [0.29, 0.717) is 6.04 Å². The quantitative estimate of drug-likeness (QED) is 0.796. The molecule has 2 aliphatic heterocycles. The van der Waals surface area contributed by atoms with E-state index in [9.17, 15) is 4.79 Å². The van der Waals surface area contributed by atoms with E-state index in [-0.39, 0.29) is 11.9 Å². The Morgan fingerprint density at radius 2 is 2.00 bits per heavy atom. The first kappa shape index (κ1) is 10.8. The Kier molecular flexibility index (Phi) is 2.85. The van der Waals surface area contributed by atoms with Crippen molar-refractivity contribution in [2.45, 2.75) is 31.3 Å². The highest BCUT2D eigenvalue weighted by Gasteiger charge is 2.36. The summed E-state index contributed by atoms with van der Waals surface area (Å²) in [6.45, 7) is 1.87. The largest absolute Gasteiger partial charge is 0.337 e. The fourth-order valence-electron chi connectivity index (χ4n) is 2.92. The maximum absolute atomic E-state index is 12.4. The van der Waals surface area contributed by atoms with E-state index in [0.717, 1.165) is 31.5 Å². The number of rotatable bonds is 1. The van der Waals surface area contributed by atoms with Crippen molar-refractivity contribution in [1.29, 1.82) is 0 Å². The Morgan fingerprint density at radius 3 is 2.82 bits per heavy atom. The second-order valence-corrected chi connectivity index (χ2v) is 4.93. The van der Waals surface area contributed by atoms with E-state index >= 15 is 0 Å². The number of hydrogen-bond acceptors (Lipinski definition) is 2. The molecule has 3 rings (SSSR count). The number of piperazine rings is 1. The average Bonchev–Trinajstić information content (AvgIpc) is 2.40. The third-order valence-corrected chi connectivity index (χ3v) is 3.85. The predicted octanol–water partition coefficient (Wildman–Crippen LogP) is 1.71. The molecule has 2 saturated heterocycles. The van der Waals surface area contributed by atoms with Crippen LogP contribution in [0.3, 0.4) is 0 Å². The van der Waals surface area contributed by atoms with Crippen LogP contribution in [0.15, 0.2) is 30.3 Å². The number of fused-ring (bicyclic) bond motifs is 1. The van der Waals surface area contributed by atoms with Crippen LogP contribution in [0.4, 0.5) is 0 Å². The second-order valence-electron chi connectivity index (χ2n) is 4.93. The monoisotopic (exact) mass is 230 g/mol. The molecule has 17 heavy (non-hydrogen) atoms. The first-order valence-corrected chi connectivity index (χ1v) is 6.45. The lowest BCUT2D eigenvalue weighted by Gasteiger charge is -2.42. The third-order valence-electron chi connectivity index (χ3n) is 3.85. The van der Waals surface area contributed by atoms with Crippen molar-refractivity contribution in [2.24, 2.45) is 0 Å². The lowest BCUT2D eigenvalue weighted by atomic mass is 9.95. The number of hydrogen-bond donors (Lipinski definition) is 1. The normalized spacial score (nSPS) is 28.9. The van der Waals surface area contributed by atoms with Crippen molar-refractivity contribution < 1.29 is 4.79 Å². The van der Waals surface area contributed by atoms with Gasteiger partial charge in [0.05, 0.1) is 0 Å². The van der Waals surface area contributed by atoms with Gasteiger partial charge in [0.2, 0.25) is 5.91 Å². The minimum absolute atomic E-state index is 0.134. The number of amides is 1. The minimum Gasteiger partial charge on any atom is -0.337 e. The van der Waals surface area contributed by atoms with E-state index in [4.69, 9.17) is 0 Å². The van der Waals surface area contributed by atoms with Crippen LogP contribution in [0.2, 0.25) is 0 Å². The number of carbonyl (C=O) groups excluding carboxylic acids is 1. The molecule has 1 N–H and O–H groups in total. The van der Waals surface area contributed by atoms with Gasteiger partial charge < -0.3 is 10.2 Å². The van der Waals surface area contributed by atoms with Crippen molar-refractivity contribution >= 4 is 5.91 Å². The van der Waals surface area contributed by atoms with Gasteiger partial charge in [-0.05, 0) is 24.8 Å². The van der Waals surface area contributed by atoms with Crippen molar-refractivity contribution in [3.05, 3.63) is 35.9 Å². The van der Waals surface area contributed by atoms with E-state index in [2.05, 4.69) is 10.2 Å². The third kappa shape index (κ3) is 1.95. The summed E-state index contributed by atoms with van der Waals surface area (Å²) in [5.74, 6) is 0.257. The molecule has 0 radical (unpaired) electrons. The van der Waals surface area contributed by atoms with Gasteiger partial charge in [0, 0.05) is 19.1 Å². The van der Waals surface area contributed by atoms with Gasteiger partial charge in [0.25, 0.3) is 0 Å². The highest BCUT2D eigenvalue weighted by atomic mass is 16.2. The molecular weight excluding hydrogens is 212 g/mol. The molecule has 2 heterocycles. The van der Waals surface area contributed by atoms with Crippen LogP contribution >= 0.6 is 0 Å². The predicted molar refractivity (Wildman–Crippen MR) is 66.5 cm³/mol. The van der Waals surface area contributed by atoms with Gasteiger partial charge in [0.1, 0.15) is 6.04 Å². The molecule has 1 amide bonds. The van der Waals surface area contributed by atoms with Gasteiger partial charge in [0.15, 0.2) is 0 Å². The zero-order valence-corrected chi connectivity index (χ0v) is 9.93. The lowest BCUT2D eigenvalue weighted by Crippen LogP contribution is -2.57. The second kappa shape index (κ2) is 4.49. The lowest BCUT2D eigenvalue weighted by molar-refractivity contribution is -0.140. The van der Waals surface area contributed by atoms with Crippen LogP contribution in [0.25, 0.3) is 0 Å². The first-order chi connectivity index (χ1) is 8.36. The molecule has 2 unspecified atom stereocenters. The average molecular weight is 230 g/mol. The van der Waals surface area contributed by atoms with Crippen LogP contribution in [0.5, 0.6) is 0 Å². The topological polar surface area (TPSA) is 32.3 Å². The summed E-state index contributed by atoms with van der Waals surface area (Å²) >= 11 is 0. The smallest absolute Gasteiger partial charge is 0.244 e. The number of nitrogens with one attached hydrogen (secondary N) is 1. The van der Waals surface area contributed by atoms with Crippen LogP contribution in [0, 0.1) is 0 Å². The number of nitrogens with zero attached hydrogens (tertiary/aromatic N) is 1. The molecule has 0 saturated carbocycles. The van der Waals surface area contributed by atoms with Gasteiger partial charge in [-0.25, -0.2) is 0 Å². The van der Waals surface area contributed by atoms with Gasteiger partial charge in [-0.3, -0.25) is 4.79 Å². The molecule has 90 valence electrons. The molecule has 1 aromatic carbocycles.